The van der Waals surface area contributed by atoms with Crippen LogP contribution < -0.4 is 0 Å². The zero-order chi connectivity index (χ0) is 9.97. The lowest BCUT2D eigenvalue weighted by molar-refractivity contribution is 0.138. The Balaban J connectivity index is 1.96. The molecule has 3 atom stereocenters. The summed E-state index contributed by atoms with van der Waals surface area (Å²) in [5.41, 5.74) is 1.14. The topological polar surface area (TPSA) is 32.8 Å². The van der Waals surface area contributed by atoms with Crippen molar-refractivity contribution in [1.29, 1.82) is 0 Å². The Labute approximate surface area is 83.8 Å². The largest absolute Gasteiger partial charge is 0.390 e. The van der Waals surface area contributed by atoms with Crippen LogP contribution in [0.1, 0.15) is 18.1 Å². The molecule has 1 heterocycles. The summed E-state index contributed by atoms with van der Waals surface area (Å²) in [5, 5.41) is 9.62. The minimum atomic E-state index is -0.419. The van der Waals surface area contributed by atoms with Crippen molar-refractivity contribution < 1.29 is 9.84 Å². The third kappa shape index (κ3) is 1.86. The summed E-state index contributed by atoms with van der Waals surface area (Å²) in [7, 11) is 0. The van der Waals surface area contributed by atoms with Gasteiger partial charge in [0, 0.05) is 0 Å². The van der Waals surface area contributed by atoms with Crippen LogP contribution in [-0.4, -0.2) is 17.3 Å². The van der Waals surface area contributed by atoms with E-state index in [1.807, 2.05) is 30.3 Å². The standard InChI is InChI=1S/C12H14O2/c1-2-6-10(13)12-11(14-12)9-7-4-3-5-8-9/h2-5,7-8,10-13H,1,6H2/t10-,11?,12?/m1/s1. The van der Waals surface area contributed by atoms with Gasteiger partial charge in [0.25, 0.3) is 0 Å². The van der Waals surface area contributed by atoms with Crippen molar-refractivity contribution in [1.82, 2.24) is 0 Å². The number of aliphatic hydroxyl groups excluding tert-OH is 1. The Hall–Kier alpha value is -1.12. The number of hydrogen-bond donors (Lipinski definition) is 1. The quantitative estimate of drug-likeness (QED) is 0.582. The highest BCUT2D eigenvalue weighted by Crippen LogP contribution is 2.41. The van der Waals surface area contributed by atoms with Crippen LogP contribution >= 0.6 is 0 Å². The molecule has 2 nitrogen and oxygen atoms in total. The van der Waals surface area contributed by atoms with Gasteiger partial charge in [-0.2, -0.15) is 0 Å². The van der Waals surface area contributed by atoms with Gasteiger partial charge in [0.15, 0.2) is 0 Å². The van der Waals surface area contributed by atoms with E-state index in [1.165, 1.54) is 0 Å². The molecular weight excluding hydrogens is 176 g/mol. The number of benzene rings is 1. The van der Waals surface area contributed by atoms with Crippen LogP contribution in [0.15, 0.2) is 43.0 Å². The fourth-order valence-electron chi connectivity index (χ4n) is 1.63. The van der Waals surface area contributed by atoms with E-state index in [4.69, 9.17) is 4.74 Å². The molecule has 0 saturated carbocycles. The summed E-state index contributed by atoms with van der Waals surface area (Å²) < 4.78 is 5.42. The minimum Gasteiger partial charge on any atom is -0.390 e. The minimum absolute atomic E-state index is 0.0459. The predicted octanol–water partition coefficient (Wildman–Crippen LogP) is 2.06. The van der Waals surface area contributed by atoms with E-state index in [0.717, 1.165) is 5.56 Å². The number of ether oxygens (including phenoxy) is 1. The monoisotopic (exact) mass is 190 g/mol. The summed E-state index contributed by atoms with van der Waals surface area (Å²) in [4.78, 5) is 0. The highest BCUT2D eigenvalue weighted by atomic mass is 16.6. The van der Waals surface area contributed by atoms with Gasteiger partial charge < -0.3 is 9.84 Å². The molecule has 14 heavy (non-hydrogen) atoms. The third-order valence-electron chi connectivity index (χ3n) is 2.44. The van der Waals surface area contributed by atoms with E-state index >= 15 is 0 Å². The molecule has 0 radical (unpaired) electrons. The van der Waals surface area contributed by atoms with Crippen LogP contribution in [0.4, 0.5) is 0 Å². The van der Waals surface area contributed by atoms with Crippen LogP contribution in [0.2, 0.25) is 0 Å². The molecule has 1 N–H and O–H groups in total. The molecule has 1 aromatic rings. The number of hydrogen-bond acceptors (Lipinski definition) is 2. The molecule has 0 bridgehead atoms. The molecule has 1 aliphatic rings. The average Bonchev–Trinajstić information content (AvgIpc) is 2.99. The van der Waals surface area contributed by atoms with E-state index in [-0.39, 0.29) is 12.2 Å². The lowest BCUT2D eigenvalue weighted by atomic mass is 10.1. The maximum absolute atomic E-state index is 9.62. The Morgan fingerprint density at radius 2 is 2.14 bits per heavy atom. The van der Waals surface area contributed by atoms with E-state index in [0.29, 0.717) is 6.42 Å². The van der Waals surface area contributed by atoms with Crippen LogP contribution in [0.5, 0.6) is 0 Å². The molecule has 1 saturated heterocycles. The second-order valence-electron chi connectivity index (χ2n) is 3.52. The Morgan fingerprint density at radius 3 is 2.79 bits per heavy atom. The fourth-order valence-corrected chi connectivity index (χ4v) is 1.63. The van der Waals surface area contributed by atoms with Gasteiger partial charge in [0.1, 0.15) is 12.2 Å². The van der Waals surface area contributed by atoms with Gasteiger partial charge in [0.05, 0.1) is 6.10 Å². The molecule has 0 aromatic heterocycles. The first-order valence-corrected chi connectivity index (χ1v) is 4.82. The molecule has 1 fully saturated rings. The summed E-state index contributed by atoms with van der Waals surface area (Å²) in [6.45, 7) is 3.59. The smallest absolute Gasteiger partial charge is 0.115 e. The SMILES string of the molecule is C=CC[C@@H](O)C1OC1c1ccccc1. The van der Waals surface area contributed by atoms with Crippen molar-refractivity contribution >= 4 is 0 Å². The first kappa shape index (κ1) is 9.44. The molecule has 0 aliphatic carbocycles. The summed E-state index contributed by atoms with van der Waals surface area (Å²) in [5.74, 6) is 0. The summed E-state index contributed by atoms with van der Waals surface area (Å²) >= 11 is 0. The lowest BCUT2D eigenvalue weighted by Crippen LogP contribution is -2.13. The van der Waals surface area contributed by atoms with Crippen LogP contribution in [0, 0.1) is 0 Å². The lowest BCUT2D eigenvalue weighted by Gasteiger charge is -2.02. The van der Waals surface area contributed by atoms with Gasteiger partial charge in [-0.25, -0.2) is 0 Å². The van der Waals surface area contributed by atoms with E-state index in [1.54, 1.807) is 6.08 Å². The number of aliphatic hydroxyl groups is 1. The van der Waals surface area contributed by atoms with Crippen molar-refractivity contribution in [3.8, 4) is 0 Å². The van der Waals surface area contributed by atoms with Gasteiger partial charge in [-0.1, -0.05) is 36.4 Å². The molecular formula is C12H14O2. The normalized spacial score (nSPS) is 26.9. The molecule has 2 heteroatoms. The summed E-state index contributed by atoms with van der Waals surface area (Å²) in [6, 6.07) is 9.97. The summed E-state index contributed by atoms with van der Waals surface area (Å²) in [6.07, 6.45) is 1.92. The number of epoxide rings is 1. The molecule has 1 aromatic carbocycles. The van der Waals surface area contributed by atoms with Gasteiger partial charge in [0.2, 0.25) is 0 Å². The van der Waals surface area contributed by atoms with Gasteiger partial charge in [-0.15, -0.1) is 6.58 Å². The molecule has 74 valence electrons. The number of rotatable bonds is 4. The van der Waals surface area contributed by atoms with Crippen molar-refractivity contribution in [3.05, 3.63) is 48.6 Å². The fraction of sp³-hybridized carbons (Fsp3) is 0.333. The van der Waals surface area contributed by atoms with Crippen molar-refractivity contribution in [3.63, 3.8) is 0 Å². The van der Waals surface area contributed by atoms with Gasteiger partial charge in [-0.3, -0.25) is 0 Å². The van der Waals surface area contributed by atoms with Crippen LogP contribution in [0.25, 0.3) is 0 Å². The van der Waals surface area contributed by atoms with Gasteiger partial charge >= 0.3 is 0 Å². The maximum Gasteiger partial charge on any atom is 0.115 e. The first-order chi connectivity index (χ1) is 6.83. The highest BCUT2D eigenvalue weighted by molar-refractivity contribution is 5.23. The van der Waals surface area contributed by atoms with Crippen molar-refractivity contribution in [2.75, 3.05) is 0 Å². The second-order valence-corrected chi connectivity index (χ2v) is 3.52. The third-order valence-corrected chi connectivity index (χ3v) is 2.44. The zero-order valence-corrected chi connectivity index (χ0v) is 7.97. The first-order valence-electron chi connectivity index (χ1n) is 4.82. The molecule has 0 amide bonds. The molecule has 2 unspecified atom stereocenters. The highest BCUT2D eigenvalue weighted by Gasteiger charge is 2.44. The molecule has 0 spiro atoms. The van der Waals surface area contributed by atoms with E-state index in [2.05, 4.69) is 6.58 Å². The van der Waals surface area contributed by atoms with Gasteiger partial charge in [-0.05, 0) is 12.0 Å². The van der Waals surface area contributed by atoms with Crippen LogP contribution in [0.3, 0.4) is 0 Å². The van der Waals surface area contributed by atoms with Crippen molar-refractivity contribution in [2.24, 2.45) is 0 Å². The average molecular weight is 190 g/mol. The van der Waals surface area contributed by atoms with E-state index in [9.17, 15) is 5.11 Å². The molecule has 2 rings (SSSR count). The Kier molecular flexibility index (Phi) is 2.66. The predicted molar refractivity (Wildman–Crippen MR) is 54.9 cm³/mol. The Bertz CT molecular complexity index is 307. The second kappa shape index (κ2) is 3.95. The van der Waals surface area contributed by atoms with Crippen molar-refractivity contribution in [2.45, 2.75) is 24.7 Å². The molecule has 1 aliphatic heterocycles. The Morgan fingerprint density at radius 1 is 1.43 bits per heavy atom. The zero-order valence-electron chi connectivity index (χ0n) is 7.97. The maximum atomic E-state index is 9.62. The van der Waals surface area contributed by atoms with Crippen LogP contribution in [-0.2, 0) is 4.74 Å². The van der Waals surface area contributed by atoms with E-state index < -0.39 is 6.10 Å².